The third-order valence-corrected chi connectivity index (χ3v) is 6.64. The monoisotopic (exact) mass is 507 g/mol. The number of fused-ring (bicyclic) bond motifs is 2. The molecule has 0 aliphatic heterocycles. The highest BCUT2D eigenvalue weighted by Crippen LogP contribution is 2.42. The second-order valence-electron chi connectivity index (χ2n) is 10.2. The first-order valence-corrected chi connectivity index (χ1v) is 12.6. The van der Waals surface area contributed by atoms with Crippen molar-refractivity contribution < 1.29 is 18.7 Å². The van der Waals surface area contributed by atoms with E-state index in [2.05, 4.69) is 10.3 Å². The van der Waals surface area contributed by atoms with Crippen molar-refractivity contribution >= 4 is 45.3 Å². The van der Waals surface area contributed by atoms with Crippen molar-refractivity contribution in [1.82, 2.24) is 10.3 Å². The number of aromatic nitrogens is 1. The molecule has 0 radical (unpaired) electrons. The topological polar surface area (TPSA) is 99.6 Å². The lowest BCUT2D eigenvalue weighted by Crippen LogP contribution is -2.42. The van der Waals surface area contributed by atoms with Crippen LogP contribution in [0.15, 0.2) is 52.9 Å². The molecule has 3 N–H and O–H groups in total. The van der Waals surface area contributed by atoms with Gasteiger partial charge < -0.3 is 24.9 Å². The molecule has 1 saturated carbocycles. The highest BCUT2D eigenvalue weighted by atomic mass is 35.5. The first-order chi connectivity index (χ1) is 17.2. The molecule has 36 heavy (non-hydrogen) atoms. The van der Waals surface area contributed by atoms with E-state index < -0.39 is 5.60 Å². The standard InChI is InChI=1S/C28H30ClN3O4/c1-28(2,3)36-27(33)31-17-11-13-18(14-12-17)34-26-23-19(8-6-9-20(23)29)24(25(30)32-26)22-15-16-7-4-5-10-21(16)35-22/h4-10,15,17-18H,11-14H2,1-3H3,(H2,30,32)(H,31,33). The number of alkyl carbamates (subject to hydrolysis) is 1. The van der Waals surface area contributed by atoms with E-state index in [9.17, 15) is 4.79 Å². The zero-order valence-electron chi connectivity index (χ0n) is 20.6. The van der Waals surface area contributed by atoms with Gasteiger partial charge in [-0.1, -0.05) is 41.9 Å². The van der Waals surface area contributed by atoms with E-state index >= 15 is 0 Å². The number of hydrogen-bond acceptors (Lipinski definition) is 6. The Balaban J connectivity index is 1.38. The number of nitrogens with two attached hydrogens (primary N) is 1. The van der Waals surface area contributed by atoms with Crippen LogP contribution in [-0.4, -0.2) is 28.8 Å². The summed E-state index contributed by atoms with van der Waals surface area (Å²) in [5, 5.41) is 6.01. The molecule has 1 aliphatic rings. The maximum absolute atomic E-state index is 12.1. The molecule has 0 unspecified atom stereocenters. The number of benzene rings is 2. The maximum atomic E-state index is 12.1. The number of carbonyl (C=O) groups excluding carboxylic acids is 1. The lowest BCUT2D eigenvalue weighted by molar-refractivity contribution is 0.0470. The van der Waals surface area contributed by atoms with Gasteiger partial charge in [-0.25, -0.2) is 4.79 Å². The molecular weight excluding hydrogens is 478 g/mol. The zero-order valence-corrected chi connectivity index (χ0v) is 21.4. The Kier molecular flexibility index (Phi) is 6.43. The molecule has 8 heteroatoms. The van der Waals surface area contributed by atoms with Crippen LogP contribution in [0.5, 0.6) is 5.88 Å². The molecule has 1 amide bonds. The van der Waals surface area contributed by atoms with Gasteiger partial charge in [0.05, 0.1) is 16.0 Å². The minimum atomic E-state index is -0.523. The number of nitrogen functional groups attached to an aromatic ring is 1. The molecule has 4 aromatic rings. The molecule has 2 heterocycles. The molecule has 7 nitrogen and oxygen atoms in total. The van der Waals surface area contributed by atoms with E-state index in [-0.39, 0.29) is 18.2 Å². The second kappa shape index (κ2) is 9.54. The molecule has 5 rings (SSSR count). The van der Waals surface area contributed by atoms with Crippen molar-refractivity contribution in [1.29, 1.82) is 0 Å². The molecule has 0 spiro atoms. The maximum Gasteiger partial charge on any atom is 0.407 e. The van der Waals surface area contributed by atoms with E-state index in [0.29, 0.717) is 33.4 Å². The molecule has 0 saturated heterocycles. The summed E-state index contributed by atoms with van der Waals surface area (Å²) in [5.41, 5.74) is 7.42. The number of para-hydroxylation sites is 1. The minimum absolute atomic E-state index is 0.0496. The van der Waals surface area contributed by atoms with Gasteiger partial charge in [0.1, 0.15) is 28.9 Å². The van der Waals surface area contributed by atoms with Crippen molar-refractivity contribution in [3.05, 3.63) is 53.6 Å². The Labute approximate surface area is 214 Å². The number of furan rings is 1. The summed E-state index contributed by atoms with van der Waals surface area (Å²) in [5.74, 6) is 1.37. The number of rotatable bonds is 4. The summed E-state index contributed by atoms with van der Waals surface area (Å²) < 4.78 is 17.8. The highest BCUT2D eigenvalue weighted by molar-refractivity contribution is 6.36. The van der Waals surface area contributed by atoms with Gasteiger partial charge in [-0.2, -0.15) is 4.98 Å². The van der Waals surface area contributed by atoms with Gasteiger partial charge in [0.2, 0.25) is 5.88 Å². The van der Waals surface area contributed by atoms with Crippen LogP contribution >= 0.6 is 11.6 Å². The predicted octanol–water partition coefficient (Wildman–Crippen LogP) is 7.10. The summed E-state index contributed by atoms with van der Waals surface area (Å²) >= 11 is 6.65. The van der Waals surface area contributed by atoms with E-state index in [1.807, 2.05) is 69.3 Å². The average molecular weight is 508 g/mol. The molecule has 1 fully saturated rings. The lowest BCUT2D eigenvalue weighted by atomic mass is 9.93. The first-order valence-electron chi connectivity index (χ1n) is 12.2. The number of nitrogens with one attached hydrogen (secondary N) is 1. The van der Waals surface area contributed by atoms with Crippen LogP contribution < -0.4 is 15.8 Å². The van der Waals surface area contributed by atoms with Gasteiger partial charge in [0.15, 0.2) is 0 Å². The van der Waals surface area contributed by atoms with Gasteiger partial charge in [-0.15, -0.1) is 0 Å². The third kappa shape index (κ3) is 5.07. The van der Waals surface area contributed by atoms with Crippen LogP contribution in [0.1, 0.15) is 46.5 Å². The van der Waals surface area contributed by atoms with Crippen molar-refractivity contribution in [3.8, 4) is 17.2 Å². The van der Waals surface area contributed by atoms with Crippen molar-refractivity contribution in [2.45, 2.75) is 64.2 Å². The van der Waals surface area contributed by atoms with Gasteiger partial charge in [0.25, 0.3) is 0 Å². The van der Waals surface area contributed by atoms with Crippen LogP contribution in [0.3, 0.4) is 0 Å². The number of amides is 1. The minimum Gasteiger partial charge on any atom is -0.474 e. The quantitative estimate of drug-likeness (QED) is 0.305. The van der Waals surface area contributed by atoms with Crippen LogP contribution in [0.2, 0.25) is 5.02 Å². The second-order valence-corrected chi connectivity index (χ2v) is 10.6. The normalized spacial score (nSPS) is 18.3. The van der Waals surface area contributed by atoms with Crippen LogP contribution in [0.25, 0.3) is 33.1 Å². The van der Waals surface area contributed by atoms with Crippen molar-refractivity contribution in [2.24, 2.45) is 0 Å². The number of hydrogen-bond donors (Lipinski definition) is 2. The smallest absolute Gasteiger partial charge is 0.407 e. The molecule has 0 bridgehead atoms. The summed E-state index contributed by atoms with van der Waals surface area (Å²) in [4.78, 5) is 16.7. The number of ether oxygens (including phenoxy) is 2. The largest absolute Gasteiger partial charge is 0.474 e. The van der Waals surface area contributed by atoms with E-state index in [1.165, 1.54) is 0 Å². The average Bonchev–Trinajstić information content (AvgIpc) is 3.22. The Morgan fingerprint density at radius 2 is 1.86 bits per heavy atom. The molecule has 188 valence electrons. The molecular formula is C28H30ClN3O4. The summed E-state index contributed by atoms with van der Waals surface area (Å²) in [6, 6.07) is 15.5. The number of halogens is 1. The Hall–Kier alpha value is -3.45. The fourth-order valence-electron chi connectivity index (χ4n) is 4.72. The van der Waals surface area contributed by atoms with Gasteiger partial charge in [0, 0.05) is 16.8 Å². The van der Waals surface area contributed by atoms with E-state index in [4.69, 9.17) is 31.2 Å². The number of carbonyl (C=O) groups is 1. The van der Waals surface area contributed by atoms with Crippen LogP contribution in [-0.2, 0) is 4.74 Å². The van der Waals surface area contributed by atoms with Crippen molar-refractivity contribution in [3.63, 3.8) is 0 Å². The Bertz CT molecular complexity index is 1380. The SMILES string of the molecule is CC(C)(C)OC(=O)NC1CCC(Oc2nc(N)c(-c3cc4ccccc4o3)c3cccc(Cl)c23)CC1. The summed E-state index contributed by atoms with van der Waals surface area (Å²) in [6.45, 7) is 5.56. The first kappa shape index (κ1) is 24.3. The number of anilines is 1. The summed E-state index contributed by atoms with van der Waals surface area (Å²) in [6.07, 6.45) is 2.63. The van der Waals surface area contributed by atoms with Crippen molar-refractivity contribution in [2.75, 3.05) is 5.73 Å². The Morgan fingerprint density at radius 3 is 2.58 bits per heavy atom. The fraction of sp³-hybridized carbons (Fsp3) is 0.357. The Morgan fingerprint density at radius 1 is 1.11 bits per heavy atom. The predicted molar refractivity (Wildman–Crippen MR) is 142 cm³/mol. The number of nitrogens with zero attached hydrogens (tertiary/aromatic N) is 1. The highest BCUT2D eigenvalue weighted by Gasteiger charge is 2.27. The number of pyridine rings is 1. The van der Waals surface area contributed by atoms with Gasteiger partial charge >= 0.3 is 6.09 Å². The van der Waals surface area contributed by atoms with Gasteiger partial charge in [-0.05, 0) is 64.7 Å². The molecule has 1 aliphatic carbocycles. The van der Waals surface area contributed by atoms with Gasteiger partial charge in [-0.3, -0.25) is 0 Å². The summed E-state index contributed by atoms with van der Waals surface area (Å²) in [7, 11) is 0. The van der Waals surface area contributed by atoms with E-state index in [0.717, 1.165) is 42.0 Å². The zero-order chi connectivity index (χ0) is 25.4. The molecule has 2 aromatic heterocycles. The molecule has 2 aromatic carbocycles. The third-order valence-electron chi connectivity index (χ3n) is 6.32. The molecule has 0 atom stereocenters. The van der Waals surface area contributed by atoms with E-state index in [1.54, 1.807) is 0 Å². The van der Waals surface area contributed by atoms with Crippen LogP contribution in [0, 0.1) is 0 Å². The van der Waals surface area contributed by atoms with Crippen LogP contribution in [0.4, 0.5) is 10.6 Å². The fourth-order valence-corrected chi connectivity index (χ4v) is 4.97. The lowest BCUT2D eigenvalue weighted by Gasteiger charge is -2.30.